The van der Waals surface area contributed by atoms with Crippen LogP contribution in [0.3, 0.4) is 0 Å². The van der Waals surface area contributed by atoms with Crippen molar-refractivity contribution in [3.63, 3.8) is 0 Å². The monoisotopic (exact) mass is 450 g/mol. The Bertz CT molecular complexity index is 909. The predicted octanol–water partition coefficient (Wildman–Crippen LogP) is 5.02. The molecule has 6 nitrogen and oxygen atoms in total. The summed E-state index contributed by atoms with van der Waals surface area (Å²) in [4.78, 5) is 36.0. The van der Waals surface area contributed by atoms with E-state index in [4.69, 9.17) is 27.9 Å². The van der Waals surface area contributed by atoms with Gasteiger partial charge in [0.15, 0.2) is 6.61 Å². The molecule has 0 aliphatic carbocycles. The maximum absolute atomic E-state index is 12.2. The number of anilines is 2. The molecule has 0 aromatic heterocycles. The summed E-state index contributed by atoms with van der Waals surface area (Å²) in [5.41, 5.74) is 3.29. The first-order valence-electron chi connectivity index (χ1n) is 9.65. The lowest BCUT2D eigenvalue weighted by molar-refractivity contribution is -0.147. The Balaban J connectivity index is 1.78. The molecule has 0 aliphatic heterocycles. The average Bonchev–Trinajstić information content (AvgIpc) is 2.73. The summed E-state index contributed by atoms with van der Waals surface area (Å²) in [6.45, 7) is 3.61. The molecular formula is C22H24Cl2N2O4. The third kappa shape index (κ3) is 7.04. The standard InChI is InChI=1S/C22H24Cl2N2O4/c1-3-14-6-5-7-15(4-2)22(14)26-20(28)13-30-21(29)11-10-19(27)25-16-8-9-17(23)18(24)12-16/h5-9,12H,3-4,10-11,13H2,1-2H3,(H,25,27)(H,26,28). The van der Waals surface area contributed by atoms with Gasteiger partial charge in [-0.25, -0.2) is 0 Å². The van der Waals surface area contributed by atoms with Gasteiger partial charge in [0.1, 0.15) is 0 Å². The molecule has 0 radical (unpaired) electrons. The molecule has 0 unspecified atom stereocenters. The van der Waals surface area contributed by atoms with Crippen LogP contribution < -0.4 is 10.6 Å². The summed E-state index contributed by atoms with van der Waals surface area (Å²) in [5.74, 6) is -1.42. The lowest BCUT2D eigenvalue weighted by atomic mass is 10.0. The fourth-order valence-electron chi connectivity index (χ4n) is 2.81. The fourth-order valence-corrected chi connectivity index (χ4v) is 3.11. The van der Waals surface area contributed by atoms with E-state index in [2.05, 4.69) is 10.6 Å². The summed E-state index contributed by atoms with van der Waals surface area (Å²) in [6, 6.07) is 10.5. The maximum atomic E-state index is 12.2. The zero-order valence-corrected chi connectivity index (χ0v) is 18.4. The number of aryl methyl sites for hydroxylation is 2. The molecule has 0 heterocycles. The molecule has 2 N–H and O–H groups in total. The third-order valence-corrected chi connectivity index (χ3v) is 5.13. The summed E-state index contributed by atoms with van der Waals surface area (Å²) in [5, 5.41) is 6.14. The van der Waals surface area contributed by atoms with Crippen molar-refractivity contribution < 1.29 is 19.1 Å². The molecule has 0 saturated carbocycles. The van der Waals surface area contributed by atoms with Gasteiger partial charge in [-0.2, -0.15) is 0 Å². The minimum Gasteiger partial charge on any atom is -0.456 e. The van der Waals surface area contributed by atoms with Crippen molar-refractivity contribution in [2.24, 2.45) is 0 Å². The molecule has 8 heteroatoms. The largest absolute Gasteiger partial charge is 0.456 e. The highest BCUT2D eigenvalue weighted by Gasteiger charge is 2.14. The number of carbonyl (C=O) groups is 3. The number of carbonyl (C=O) groups excluding carboxylic acids is 3. The van der Waals surface area contributed by atoms with E-state index in [-0.39, 0.29) is 18.7 Å². The Morgan fingerprint density at radius 2 is 1.53 bits per heavy atom. The van der Waals surface area contributed by atoms with Gasteiger partial charge in [-0.1, -0.05) is 55.2 Å². The Morgan fingerprint density at radius 1 is 0.867 bits per heavy atom. The van der Waals surface area contributed by atoms with E-state index in [1.54, 1.807) is 12.1 Å². The third-order valence-electron chi connectivity index (χ3n) is 4.39. The summed E-state index contributed by atoms with van der Waals surface area (Å²) in [6.07, 6.45) is 1.32. The molecule has 2 rings (SSSR count). The molecule has 30 heavy (non-hydrogen) atoms. The van der Waals surface area contributed by atoms with Crippen molar-refractivity contribution in [1.82, 2.24) is 0 Å². The summed E-state index contributed by atoms with van der Waals surface area (Å²) < 4.78 is 4.99. The highest BCUT2D eigenvalue weighted by Crippen LogP contribution is 2.25. The first-order chi connectivity index (χ1) is 14.3. The zero-order chi connectivity index (χ0) is 22.1. The zero-order valence-electron chi connectivity index (χ0n) is 16.9. The second-order valence-electron chi connectivity index (χ2n) is 6.54. The number of ether oxygens (including phenoxy) is 1. The van der Waals surface area contributed by atoms with E-state index in [1.165, 1.54) is 6.07 Å². The van der Waals surface area contributed by atoms with E-state index in [0.29, 0.717) is 15.7 Å². The minimum atomic E-state index is -0.631. The van der Waals surface area contributed by atoms with Crippen LogP contribution in [0.2, 0.25) is 10.0 Å². The molecule has 2 amide bonds. The molecule has 2 aromatic carbocycles. The van der Waals surface area contributed by atoms with Crippen LogP contribution in [-0.2, 0) is 32.0 Å². The van der Waals surface area contributed by atoms with Crippen LogP contribution in [0.1, 0.15) is 37.8 Å². The number of hydrogen-bond donors (Lipinski definition) is 2. The van der Waals surface area contributed by atoms with Gasteiger partial charge < -0.3 is 15.4 Å². The normalized spacial score (nSPS) is 10.4. The van der Waals surface area contributed by atoms with Crippen molar-refractivity contribution in [2.75, 3.05) is 17.2 Å². The predicted molar refractivity (Wildman–Crippen MR) is 119 cm³/mol. The molecule has 2 aromatic rings. The van der Waals surface area contributed by atoms with Crippen LogP contribution in [0.4, 0.5) is 11.4 Å². The van der Waals surface area contributed by atoms with Crippen molar-refractivity contribution >= 4 is 52.4 Å². The number of rotatable bonds is 9. The van der Waals surface area contributed by atoms with Crippen molar-refractivity contribution in [1.29, 1.82) is 0 Å². The Hall–Kier alpha value is -2.57. The van der Waals surface area contributed by atoms with Crippen LogP contribution in [0.5, 0.6) is 0 Å². The Morgan fingerprint density at radius 3 is 2.13 bits per heavy atom. The lowest BCUT2D eigenvalue weighted by Crippen LogP contribution is -2.23. The van der Waals surface area contributed by atoms with Gasteiger partial charge >= 0.3 is 5.97 Å². The van der Waals surface area contributed by atoms with Crippen molar-refractivity contribution in [3.05, 3.63) is 57.6 Å². The molecular weight excluding hydrogens is 427 g/mol. The number of para-hydroxylation sites is 1. The van der Waals surface area contributed by atoms with E-state index in [1.807, 2.05) is 32.0 Å². The lowest BCUT2D eigenvalue weighted by Gasteiger charge is -2.14. The first-order valence-corrected chi connectivity index (χ1v) is 10.4. The van der Waals surface area contributed by atoms with Crippen molar-refractivity contribution in [3.8, 4) is 0 Å². The van der Waals surface area contributed by atoms with E-state index in [0.717, 1.165) is 29.7 Å². The van der Waals surface area contributed by atoms with Gasteiger partial charge in [-0.15, -0.1) is 0 Å². The molecule has 0 atom stereocenters. The maximum Gasteiger partial charge on any atom is 0.306 e. The number of benzene rings is 2. The van der Waals surface area contributed by atoms with E-state index >= 15 is 0 Å². The molecule has 0 saturated heterocycles. The number of hydrogen-bond acceptors (Lipinski definition) is 4. The number of amides is 2. The number of nitrogens with one attached hydrogen (secondary N) is 2. The van der Waals surface area contributed by atoms with Gasteiger partial charge in [0, 0.05) is 17.8 Å². The van der Waals surface area contributed by atoms with E-state index < -0.39 is 18.5 Å². The van der Waals surface area contributed by atoms with Crippen LogP contribution >= 0.6 is 23.2 Å². The molecule has 0 aliphatic rings. The molecule has 0 fully saturated rings. The minimum absolute atomic E-state index is 0.0840. The second-order valence-corrected chi connectivity index (χ2v) is 7.36. The van der Waals surface area contributed by atoms with Crippen LogP contribution in [0, 0.1) is 0 Å². The van der Waals surface area contributed by atoms with Gasteiger partial charge in [0.05, 0.1) is 16.5 Å². The van der Waals surface area contributed by atoms with Crippen molar-refractivity contribution in [2.45, 2.75) is 39.5 Å². The average molecular weight is 451 g/mol. The van der Waals surface area contributed by atoms with Gasteiger partial charge in [-0.3, -0.25) is 14.4 Å². The quantitative estimate of drug-likeness (QED) is 0.525. The summed E-state index contributed by atoms with van der Waals surface area (Å²) in [7, 11) is 0. The highest BCUT2D eigenvalue weighted by atomic mass is 35.5. The van der Waals surface area contributed by atoms with Gasteiger partial charge in [-0.05, 0) is 42.2 Å². The Labute approximate surface area is 185 Å². The van der Waals surface area contributed by atoms with Crippen LogP contribution in [0.15, 0.2) is 36.4 Å². The molecule has 160 valence electrons. The molecule has 0 bridgehead atoms. The number of halogens is 2. The fraction of sp³-hybridized carbons (Fsp3) is 0.318. The SMILES string of the molecule is CCc1cccc(CC)c1NC(=O)COC(=O)CCC(=O)Nc1ccc(Cl)c(Cl)c1. The number of esters is 1. The highest BCUT2D eigenvalue weighted by molar-refractivity contribution is 6.42. The molecule has 0 spiro atoms. The van der Waals surface area contributed by atoms with E-state index in [9.17, 15) is 14.4 Å². The Kier molecular flexibility index (Phi) is 9.15. The smallest absolute Gasteiger partial charge is 0.306 e. The summed E-state index contributed by atoms with van der Waals surface area (Å²) >= 11 is 11.7. The first kappa shape index (κ1) is 23.7. The van der Waals surface area contributed by atoms with Gasteiger partial charge in [0.2, 0.25) is 5.91 Å². The topological polar surface area (TPSA) is 84.5 Å². The van der Waals surface area contributed by atoms with Crippen LogP contribution in [0.25, 0.3) is 0 Å². The van der Waals surface area contributed by atoms with Crippen LogP contribution in [-0.4, -0.2) is 24.4 Å². The second kappa shape index (κ2) is 11.6. The van der Waals surface area contributed by atoms with Gasteiger partial charge in [0.25, 0.3) is 5.91 Å².